The lowest BCUT2D eigenvalue weighted by Crippen LogP contribution is -2.38. The van der Waals surface area contributed by atoms with Gasteiger partial charge in [0.2, 0.25) is 5.91 Å². The standard InChI is InChI=1S/C12H22ClNO/c1-9-4-3-5-11(7-6-9)14-12(15)10(2)8-13/h9-11H,3-8H2,1-2H3,(H,14,15). The van der Waals surface area contributed by atoms with E-state index in [-0.39, 0.29) is 11.8 Å². The average molecular weight is 232 g/mol. The van der Waals surface area contributed by atoms with E-state index in [4.69, 9.17) is 11.6 Å². The molecule has 3 unspecified atom stereocenters. The van der Waals surface area contributed by atoms with E-state index in [1.54, 1.807) is 0 Å². The molecule has 15 heavy (non-hydrogen) atoms. The number of nitrogens with one attached hydrogen (secondary N) is 1. The Morgan fingerprint density at radius 1 is 1.40 bits per heavy atom. The van der Waals surface area contributed by atoms with E-state index in [1.807, 2.05) is 6.92 Å². The van der Waals surface area contributed by atoms with Crippen molar-refractivity contribution in [1.82, 2.24) is 5.32 Å². The molecule has 0 aromatic heterocycles. The topological polar surface area (TPSA) is 29.1 Å². The molecule has 0 bridgehead atoms. The molecule has 0 radical (unpaired) electrons. The van der Waals surface area contributed by atoms with Gasteiger partial charge in [0, 0.05) is 17.8 Å². The summed E-state index contributed by atoms with van der Waals surface area (Å²) in [7, 11) is 0. The molecule has 88 valence electrons. The number of alkyl halides is 1. The molecule has 0 saturated heterocycles. The van der Waals surface area contributed by atoms with Crippen LogP contribution in [0.1, 0.15) is 46.0 Å². The third-order valence-electron chi connectivity index (χ3n) is 3.28. The third kappa shape index (κ3) is 4.42. The lowest BCUT2D eigenvalue weighted by atomic mass is 10.0. The number of amides is 1. The largest absolute Gasteiger partial charge is 0.353 e. The van der Waals surface area contributed by atoms with Crippen molar-refractivity contribution < 1.29 is 4.79 Å². The second kappa shape index (κ2) is 6.37. The lowest BCUT2D eigenvalue weighted by molar-refractivity contribution is -0.124. The number of hydrogen-bond donors (Lipinski definition) is 1. The Hall–Kier alpha value is -0.240. The van der Waals surface area contributed by atoms with Gasteiger partial charge in [0.25, 0.3) is 0 Å². The highest BCUT2D eigenvalue weighted by Crippen LogP contribution is 2.22. The number of hydrogen-bond acceptors (Lipinski definition) is 1. The molecular formula is C12H22ClNO. The molecular weight excluding hydrogens is 210 g/mol. The van der Waals surface area contributed by atoms with Gasteiger partial charge in [-0.1, -0.05) is 26.7 Å². The van der Waals surface area contributed by atoms with Crippen molar-refractivity contribution in [3.63, 3.8) is 0 Å². The minimum atomic E-state index is -0.0626. The van der Waals surface area contributed by atoms with E-state index >= 15 is 0 Å². The predicted octanol–water partition coefficient (Wildman–Crippen LogP) is 2.95. The summed E-state index contributed by atoms with van der Waals surface area (Å²) in [4.78, 5) is 11.6. The molecule has 1 aliphatic carbocycles. The van der Waals surface area contributed by atoms with Gasteiger partial charge in [0.1, 0.15) is 0 Å². The van der Waals surface area contributed by atoms with E-state index in [9.17, 15) is 4.79 Å². The number of halogens is 1. The summed E-state index contributed by atoms with van der Waals surface area (Å²) in [5.41, 5.74) is 0. The smallest absolute Gasteiger partial charge is 0.224 e. The summed E-state index contributed by atoms with van der Waals surface area (Å²) in [6.45, 7) is 4.17. The monoisotopic (exact) mass is 231 g/mol. The Morgan fingerprint density at radius 2 is 2.13 bits per heavy atom. The van der Waals surface area contributed by atoms with E-state index in [2.05, 4.69) is 12.2 Å². The quantitative estimate of drug-likeness (QED) is 0.587. The molecule has 0 heterocycles. The molecule has 2 nitrogen and oxygen atoms in total. The van der Waals surface area contributed by atoms with Gasteiger partial charge in [-0.2, -0.15) is 0 Å². The van der Waals surface area contributed by atoms with Gasteiger partial charge in [-0.25, -0.2) is 0 Å². The first kappa shape index (κ1) is 12.8. The van der Waals surface area contributed by atoms with Crippen LogP contribution in [0, 0.1) is 11.8 Å². The summed E-state index contributed by atoms with van der Waals surface area (Å²) < 4.78 is 0. The maximum absolute atomic E-state index is 11.6. The minimum absolute atomic E-state index is 0.0626. The number of carbonyl (C=O) groups is 1. The molecule has 0 aliphatic heterocycles. The van der Waals surface area contributed by atoms with E-state index < -0.39 is 0 Å². The van der Waals surface area contributed by atoms with Crippen LogP contribution in [-0.2, 0) is 4.79 Å². The highest BCUT2D eigenvalue weighted by molar-refractivity contribution is 6.19. The summed E-state index contributed by atoms with van der Waals surface area (Å²) in [5, 5.41) is 3.11. The molecule has 1 fully saturated rings. The zero-order valence-electron chi connectivity index (χ0n) is 9.76. The van der Waals surface area contributed by atoms with Crippen molar-refractivity contribution in [2.45, 2.75) is 52.0 Å². The SMILES string of the molecule is CC1CCCC(NC(=O)C(C)CCl)CC1. The lowest BCUT2D eigenvalue weighted by Gasteiger charge is -2.18. The van der Waals surface area contributed by atoms with E-state index in [0.29, 0.717) is 11.9 Å². The van der Waals surface area contributed by atoms with Crippen LogP contribution in [0.15, 0.2) is 0 Å². The molecule has 0 spiro atoms. The summed E-state index contributed by atoms with van der Waals surface area (Å²) >= 11 is 5.66. The first-order chi connectivity index (χ1) is 7.13. The molecule has 1 N–H and O–H groups in total. The summed E-state index contributed by atoms with van der Waals surface area (Å²) in [6.07, 6.45) is 6.03. The molecule has 1 amide bonds. The van der Waals surface area contributed by atoms with E-state index in [0.717, 1.165) is 18.8 Å². The Morgan fingerprint density at radius 3 is 2.80 bits per heavy atom. The first-order valence-corrected chi connectivity index (χ1v) is 6.53. The zero-order valence-corrected chi connectivity index (χ0v) is 10.5. The molecule has 3 atom stereocenters. The maximum atomic E-state index is 11.6. The fourth-order valence-electron chi connectivity index (χ4n) is 2.04. The number of carbonyl (C=O) groups excluding carboxylic acids is 1. The van der Waals surface area contributed by atoms with Crippen LogP contribution < -0.4 is 5.32 Å². The highest BCUT2D eigenvalue weighted by Gasteiger charge is 2.20. The van der Waals surface area contributed by atoms with Crippen LogP contribution in [0.5, 0.6) is 0 Å². The Labute approximate surface area is 97.8 Å². The Balaban J connectivity index is 2.34. The van der Waals surface area contributed by atoms with Crippen molar-refractivity contribution in [2.24, 2.45) is 11.8 Å². The third-order valence-corrected chi connectivity index (χ3v) is 3.75. The van der Waals surface area contributed by atoms with Crippen molar-refractivity contribution in [1.29, 1.82) is 0 Å². The molecule has 0 aromatic carbocycles. The van der Waals surface area contributed by atoms with Crippen LogP contribution in [-0.4, -0.2) is 17.8 Å². The second-order valence-corrected chi connectivity index (χ2v) is 5.18. The summed E-state index contributed by atoms with van der Waals surface area (Å²) in [6, 6.07) is 0.383. The Bertz CT molecular complexity index is 208. The molecule has 3 heteroatoms. The molecule has 1 saturated carbocycles. The normalized spacial score (nSPS) is 29.3. The van der Waals surface area contributed by atoms with Crippen molar-refractivity contribution in [3.8, 4) is 0 Å². The summed E-state index contributed by atoms with van der Waals surface area (Å²) in [5.74, 6) is 1.28. The molecule has 1 rings (SSSR count). The van der Waals surface area contributed by atoms with Crippen molar-refractivity contribution in [2.75, 3.05) is 5.88 Å². The highest BCUT2D eigenvalue weighted by atomic mass is 35.5. The minimum Gasteiger partial charge on any atom is -0.353 e. The molecule has 0 aromatic rings. The van der Waals surface area contributed by atoms with Crippen LogP contribution in [0.2, 0.25) is 0 Å². The maximum Gasteiger partial charge on any atom is 0.224 e. The first-order valence-electron chi connectivity index (χ1n) is 5.99. The second-order valence-electron chi connectivity index (χ2n) is 4.87. The van der Waals surface area contributed by atoms with Crippen molar-refractivity contribution >= 4 is 17.5 Å². The molecule has 1 aliphatic rings. The van der Waals surface area contributed by atoms with Crippen LogP contribution >= 0.6 is 11.6 Å². The zero-order chi connectivity index (χ0) is 11.3. The van der Waals surface area contributed by atoms with Crippen molar-refractivity contribution in [3.05, 3.63) is 0 Å². The van der Waals surface area contributed by atoms with Gasteiger partial charge < -0.3 is 5.32 Å². The number of rotatable bonds is 3. The van der Waals surface area contributed by atoms with Gasteiger partial charge in [0.05, 0.1) is 0 Å². The van der Waals surface area contributed by atoms with Gasteiger partial charge in [-0.15, -0.1) is 11.6 Å². The van der Waals surface area contributed by atoms with Crippen LogP contribution in [0.3, 0.4) is 0 Å². The Kier molecular flexibility index (Phi) is 5.44. The van der Waals surface area contributed by atoms with Crippen LogP contribution in [0.25, 0.3) is 0 Å². The average Bonchev–Trinajstić information content (AvgIpc) is 2.42. The van der Waals surface area contributed by atoms with Gasteiger partial charge >= 0.3 is 0 Å². The fourth-order valence-corrected chi connectivity index (χ4v) is 2.19. The van der Waals surface area contributed by atoms with Gasteiger partial charge in [0.15, 0.2) is 0 Å². The van der Waals surface area contributed by atoms with E-state index in [1.165, 1.54) is 19.3 Å². The fraction of sp³-hybridized carbons (Fsp3) is 0.917. The van der Waals surface area contributed by atoms with Gasteiger partial charge in [-0.05, 0) is 25.2 Å². The van der Waals surface area contributed by atoms with Gasteiger partial charge in [-0.3, -0.25) is 4.79 Å². The predicted molar refractivity (Wildman–Crippen MR) is 64.1 cm³/mol. The van der Waals surface area contributed by atoms with Crippen LogP contribution in [0.4, 0.5) is 0 Å².